The normalized spacial score (nSPS) is 17.0. The van der Waals surface area contributed by atoms with E-state index in [1.807, 2.05) is 0 Å². The van der Waals surface area contributed by atoms with Crippen LogP contribution in [0.2, 0.25) is 0 Å². The van der Waals surface area contributed by atoms with Gasteiger partial charge in [0.2, 0.25) is 0 Å². The van der Waals surface area contributed by atoms with Gasteiger partial charge in [0, 0.05) is 0 Å². The van der Waals surface area contributed by atoms with E-state index in [9.17, 15) is 4.57 Å². The van der Waals surface area contributed by atoms with Crippen LogP contribution in [0.25, 0.3) is 0 Å². The molecule has 0 saturated carbocycles. The zero-order valence-corrected chi connectivity index (χ0v) is 7.92. The van der Waals surface area contributed by atoms with E-state index in [4.69, 9.17) is 20.0 Å². The van der Waals surface area contributed by atoms with E-state index in [1.165, 1.54) is 0 Å². The van der Waals surface area contributed by atoms with E-state index >= 15 is 0 Å². The highest BCUT2D eigenvalue weighted by molar-refractivity contribution is 7.46. The van der Waals surface area contributed by atoms with Gasteiger partial charge in [-0.3, -0.25) is 0 Å². The minimum atomic E-state index is -4.68. The molecule has 8 heteroatoms. The van der Waals surface area contributed by atoms with E-state index in [-0.39, 0.29) is 0 Å². The topological polar surface area (TPSA) is 116 Å². The number of hydrogen-bond donors (Lipinski definition) is 4. The minimum Gasteiger partial charge on any atom is -0.390 e. The van der Waals surface area contributed by atoms with Crippen LogP contribution >= 0.6 is 7.82 Å². The van der Waals surface area contributed by atoms with Crippen LogP contribution in [-0.4, -0.2) is 38.8 Å². The van der Waals surface area contributed by atoms with E-state index in [0.717, 1.165) is 0 Å². The Bertz CT molecular complexity index is 178. The molecule has 80 valence electrons. The number of hydrogen-bond acceptors (Lipinski definition) is 5. The van der Waals surface area contributed by atoms with Crippen LogP contribution in [0, 0.1) is 0 Å². The van der Waals surface area contributed by atoms with Gasteiger partial charge < -0.3 is 20.0 Å². The average molecular weight is 216 g/mol. The third kappa shape index (κ3) is 7.09. The monoisotopic (exact) mass is 216 g/mol. The number of aliphatic hydroxyl groups is 2. The molecule has 0 aliphatic carbocycles. The van der Waals surface area contributed by atoms with Crippen molar-refractivity contribution < 1.29 is 34.1 Å². The lowest BCUT2D eigenvalue weighted by molar-refractivity contribution is -0.244. The van der Waals surface area contributed by atoms with Gasteiger partial charge in [0.05, 0.1) is 6.10 Å². The van der Waals surface area contributed by atoms with Crippen molar-refractivity contribution in [1.82, 2.24) is 0 Å². The number of rotatable bonds is 6. The first-order valence-corrected chi connectivity index (χ1v) is 5.12. The molecule has 0 bridgehead atoms. The molecule has 2 unspecified atom stereocenters. The highest BCUT2D eigenvalue weighted by Crippen LogP contribution is 2.35. The summed E-state index contributed by atoms with van der Waals surface area (Å²) in [6, 6.07) is 0. The molecule has 13 heavy (non-hydrogen) atoms. The van der Waals surface area contributed by atoms with Gasteiger partial charge in [-0.15, -0.1) is 4.67 Å². The molecule has 0 spiro atoms. The molecule has 0 amide bonds. The molecule has 0 fully saturated rings. The van der Waals surface area contributed by atoms with Crippen molar-refractivity contribution in [3.8, 4) is 0 Å². The smallest absolute Gasteiger partial charge is 0.390 e. The van der Waals surface area contributed by atoms with E-state index in [0.29, 0.717) is 6.42 Å². The number of phosphoric acid groups is 1. The molecule has 2 atom stereocenters. The van der Waals surface area contributed by atoms with Gasteiger partial charge >= 0.3 is 7.82 Å². The van der Waals surface area contributed by atoms with Gasteiger partial charge in [0.15, 0.2) is 0 Å². The Balaban J connectivity index is 3.59. The zero-order valence-electron chi connectivity index (χ0n) is 7.03. The first kappa shape index (κ1) is 13.0. The van der Waals surface area contributed by atoms with E-state index in [2.05, 4.69) is 9.56 Å². The van der Waals surface area contributed by atoms with Crippen LogP contribution in [-0.2, 0) is 14.1 Å². The van der Waals surface area contributed by atoms with Crippen molar-refractivity contribution in [1.29, 1.82) is 0 Å². The molecule has 0 aromatic carbocycles. The molecule has 0 rings (SSSR count). The molecule has 0 aromatic heterocycles. The third-order valence-electron chi connectivity index (χ3n) is 1.25. The maximum absolute atomic E-state index is 10.1. The summed E-state index contributed by atoms with van der Waals surface area (Å²) in [6.45, 7) is 1.14. The summed E-state index contributed by atoms with van der Waals surface area (Å²) in [4.78, 5) is 20.3. The molecule has 0 heterocycles. The first-order valence-electron chi connectivity index (χ1n) is 3.59. The van der Waals surface area contributed by atoms with Gasteiger partial charge in [-0.2, -0.15) is 0 Å². The van der Waals surface area contributed by atoms with Crippen LogP contribution < -0.4 is 0 Å². The fraction of sp³-hybridized carbons (Fsp3) is 1.00. The Labute approximate surface area is 75.1 Å². The second-order valence-electron chi connectivity index (χ2n) is 2.39. The fourth-order valence-corrected chi connectivity index (χ4v) is 0.750. The SMILES string of the molecule is CCC(O)C(O)COOP(=O)(O)O. The summed E-state index contributed by atoms with van der Waals surface area (Å²) >= 11 is 0. The molecule has 4 N–H and O–H groups in total. The van der Waals surface area contributed by atoms with E-state index in [1.54, 1.807) is 6.92 Å². The molecule has 7 nitrogen and oxygen atoms in total. The summed E-state index contributed by atoms with van der Waals surface area (Å²) in [7, 11) is -4.68. The van der Waals surface area contributed by atoms with Gasteiger partial charge in [0.1, 0.15) is 12.7 Å². The van der Waals surface area contributed by atoms with Crippen molar-refractivity contribution >= 4 is 7.82 Å². The molecular formula is C5H13O7P. The van der Waals surface area contributed by atoms with Crippen LogP contribution in [0.4, 0.5) is 0 Å². The van der Waals surface area contributed by atoms with Crippen LogP contribution in [0.15, 0.2) is 0 Å². The van der Waals surface area contributed by atoms with Crippen molar-refractivity contribution in [2.24, 2.45) is 0 Å². The molecule has 0 aromatic rings. The Morgan fingerprint density at radius 1 is 1.31 bits per heavy atom. The predicted octanol–water partition coefficient (Wildman–Crippen LogP) is -0.841. The molecule has 0 radical (unpaired) electrons. The summed E-state index contributed by atoms with van der Waals surface area (Å²) in [5.74, 6) is 0. The summed E-state index contributed by atoms with van der Waals surface area (Å²) in [5.41, 5.74) is 0. The van der Waals surface area contributed by atoms with Crippen LogP contribution in [0.5, 0.6) is 0 Å². The Morgan fingerprint density at radius 2 is 1.85 bits per heavy atom. The van der Waals surface area contributed by atoms with Crippen molar-refractivity contribution in [2.45, 2.75) is 25.6 Å². The maximum Gasteiger partial charge on any atom is 0.496 e. The summed E-state index contributed by atoms with van der Waals surface area (Å²) in [5, 5.41) is 18.0. The summed E-state index contributed by atoms with van der Waals surface area (Å²) < 4.78 is 13.6. The Kier molecular flexibility index (Phi) is 5.66. The highest BCUT2D eigenvalue weighted by atomic mass is 31.2. The Morgan fingerprint density at radius 3 is 2.23 bits per heavy atom. The second kappa shape index (κ2) is 5.66. The van der Waals surface area contributed by atoms with E-state index < -0.39 is 26.6 Å². The third-order valence-corrected chi connectivity index (χ3v) is 1.55. The van der Waals surface area contributed by atoms with Crippen LogP contribution in [0.3, 0.4) is 0 Å². The average Bonchev–Trinajstić information content (AvgIpc) is 2.00. The maximum atomic E-state index is 10.1. The molecular weight excluding hydrogens is 203 g/mol. The summed E-state index contributed by atoms with van der Waals surface area (Å²) in [6.07, 6.45) is -1.92. The fourth-order valence-electron chi connectivity index (χ4n) is 0.552. The quantitative estimate of drug-likeness (QED) is 0.260. The number of aliphatic hydroxyl groups excluding tert-OH is 2. The largest absolute Gasteiger partial charge is 0.496 e. The second-order valence-corrected chi connectivity index (χ2v) is 3.52. The lowest BCUT2D eigenvalue weighted by atomic mass is 10.2. The zero-order chi connectivity index (χ0) is 10.5. The minimum absolute atomic E-state index is 0.306. The standard InChI is InChI=1S/C5H13O7P/c1-2-4(6)5(7)3-11-12-13(8,9)10/h4-7H,2-3H2,1H3,(H2,8,9,10). The van der Waals surface area contributed by atoms with Crippen molar-refractivity contribution in [2.75, 3.05) is 6.61 Å². The lowest BCUT2D eigenvalue weighted by Crippen LogP contribution is -2.29. The lowest BCUT2D eigenvalue weighted by Gasteiger charge is -2.15. The van der Waals surface area contributed by atoms with Crippen LogP contribution in [0.1, 0.15) is 13.3 Å². The first-order chi connectivity index (χ1) is 5.87. The van der Waals surface area contributed by atoms with Gasteiger partial charge in [-0.25, -0.2) is 9.45 Å². The molecule has 0 aliphatic heterocycles. The highest BCUT2D eigenvalue weighted by Gasteiger charge is 2.19. The van der Waals surface area contributed by atoms with Gasteiger partial charge in [-0.05, 0) is 6.42 Å². The Hall–Kier alpha value is -0.0100. The van der Waals surface area contributed by atoms with Crippen molar-refractivity contribution in [3.63, 3.8) is 0 Å². The molecule has 0 saturated heterocycles. The van der Waals surface area contributed by atoms with Gasteiger partial charge in [-0.1, -0.05) is 6.92 Å². The predicted molar refractivity (Wildman–Crippen MR) is 41.4 cm³/mol. The van der Waals surface area contributed by atoms with Gasteiger partial charge in [0.25, 0.3) is 0 Å². The molecule has 0 aliphatic rings. The van der Waals surface area contributed by atoms with Crippen molar-refractivity contribution in [3.05, 3.63) is 0 Å².